The first-order valence-electron chi connectivity index (χ1n) is 7.42. The number of aliphatic hydroxyl groups is 1. The zero-order valence-corrected chi connectivity index (χ0v) is 12.7. The number of aromatic nitrogens is 1. The lowest BCUT2D eigenvalue weighted by atomic mass is 10.0. The van der Waals surface area contributed by atoms with E-state index >= 15 is 0 Å². The van der Waals surface area contributed by atoms with Crippen molar-refractivity contribution in [1.29, 1.82) is 0 Å². The van der Waals surface area contributed by atoms with Crippen molar-refractivity contribution in [3.63, 3.8) is 0 Å². The molecule has 0 saturated carbocycles. The van der Waals surface area contributed by atoms with Crippen LogP contribution in [-0.2, 0) is 4.79 Å². The lowest BCUT2D eigenvalue weighted by Gasteiger charge is -2.23. The van der Waals surface area contributed by atoms with Crippen LogP contribution in [-0.4, -0.2) is 40.3 Å². The molecule has 1 saturated heterocycles. The number of carbonyl (C=O) groups excluding carboxylic acids is 1. The molecule has 1 aliphatic rings. The van der Waals surface area contributed by atoms with E-state index in [-0.39, 0.29) is 24.3 Å². The van der Waals surface area contributed by atoms with Crippen molar-refractivity contribution >= 4 is 11.7 Å². The molecular weight excluding hydrogens is 301 g/mol. The van der Waals surface area contributed by atoms with Crippen LogP contribution < -0.4 is 5.32 Å². The van der Waals surface area contributed by atoms with Gasteiger partial charge in [0.1, 0.15) is 11.6 Å². The van der Waals surface area contributed by atoms with Crippen LogP contribution in [0.2, 0.25) is 0 Å². The molecule has 1 aliphatic heterocycles. The number of aliphatic hydroxyl groups excluding tert-OH is 1. The van der Waals surface area contributed by atoms with Crippen molar-refractivity contribution in [2.24, 2.45) is 0 Å². The maximum Gasteiger partial charge on any atom is 0.239 e. The van der Waals surface area contributed by atoms with Gasteiger partial charge in [-0.3, -0.25) is 9.69 Å². The van der Waals surface area contributed by atoms with E-state index in [1.807, 2.05) is 4.90 Å². The number of likely N-dealkylation sites (tertiary alicyclic amines) is 1. The molecule has 6 nitrogen and oxygen atoms in total. The number of amides is 1. The number of hydrogen-bond acceptors (Lipinski definition) is 5. The van der Waals surface area contributed by atoms with E-state index in [0.29, 0.717) is 24.5 Å². The van der Waals surface area contributed by atoms with Crippen molar-refractivity contribution in [3.05, 3.63) is 47.5 Å². The minimum atomic E-state index is -0.537. The van der Waals surface area contributed by atoms with Crippen molar-refractivity contribution < 1.29 is 18.8 Å². The van der Waals surface area contributed by atoms with Crippen molar-refractivity contribution in [1.82, 2.24) is 10.1 Å². The fraction of sp³-hybridized carbons (Fsp3) is 0.375. The number of nitrogens with zero attached hydrogens (tertiary/aromatic N) is 2. The van der Waals surface area contributed by atoms with Crippen LogP contribution in [0.3, 0.4) is 0 Å². The molecule has 2 atom stereocenters. The zero-order valence-electron chi connectivity index (χ0n) is 12.7. The lowest BCUT2D eigenvalue weighted by Crippen LogP contribution is -2.33. The van der Waals surface area contributed by atoms with Gasteiger partial charge in [0.2, 0.25) is 5.91 Å². The van der Waals surface area contributed by atoms with Gasteiger partial charge in [-0.15, -0.1) is 0 Å². The van der Waals surface area contributed by atoms with Gasteiger partial charge in [-0.25, -0.2) is 4.39 Å². The highest BCUT2D eigenvalue weighted by Crippen LogP contribution is 2.32. The Labute approximate surface area is 132 Å². The Hall–Kier alpha value is -2.25. The van der Waals surface area contributed by atoms with E-state index in [4.69, 9.17) is 4.52 Å². The Morgan fingerprint density at radius 2 is 2.35 bits per heavy atom. The number of hydrogen-bond donors (Lipinski definition) is 2. The first-order valence-corrected chi connectivity index (χ1v) is 7.42. The Bertz CT molecular complexity index is 703. The minimum absolute atomic E-state index is 0.0874. The van der Waals surface area contributed by atoms with Gasteiger partial charge in [0.25, 0.3) is 0 Å². The molecular formula is C16H18FN3O3. The van der Waals surface area contributed by atoms with Crippen LogP contribution in [0.1, 0.15) is 23.8 Å². The SMILES string of the molecule is Cc1cc(NC(=O)CN2C[C@H](O)C[C@@H]2c2cccc(F)c2)no1. The van der Waals surface area contributed by atoms with E-state index in [1.165, 1.54) is 12.1 Å². The van der Waals surface area contributed by atoms with Crippen LogP contribution in [0.4, 0.5) is 10.2 Å². The highest BCUT2D eigenvalue weighted by molar-refractivity contribution is 5.91. The van der Waals surface area contributed by atoms with Gasteiger partial charge in [-0.2, -0.15) is 0 Å². The van der Waals surface area contributed by atoms with Gasteiger partial charge in [-0.1, -0.05) is 17.3 Å². The van der Waals surface area contributed by atoms with Crippen molar-refractivity contribution in [2.75, 3.05) is 18.4 Å². The second-order valence-corrected chi connectivity index (χ2v) is 5.76. The zero-order chi connectivity index (χ0) is 16.4. The largest absolute Gasteiger partial charge is 0.392 e. The Balaban J connectivity index is 1.68. The van der Waals surface area contributed by atoms with Crippen LogP contribution in [0.15, 0.2) is 34.9 Å². The summed E-state index contributed by atoms with van der Waals surface area (Å²) in [6.45, 7) is 2.19. The monoisotopic (exact) mass is 319 g/mol. The Kier molecular flexibility index (Phi) is 4.40. The first kappa shape index (κ1) is 15.6. The summed E-state index contributed by atoms with van der Waals surface area (Å²) in [6.07, 6.45) is -0.0647. The molecule has 0 bridgehead atoms. The predicted molar refractivity (Wildman–Crippen MR) is 81.2 cm³/mol. The molecule has 2 aromatic rings. The summed E-state index contributed by atoms with van der Waals surface area (Å²) in [5.41, 5.74) is 0.756. The van der Waals surface area contributed by atoms with Gasteiger partial charge in [0.15, 0.2) is 5.82 Å². The summed E-state index contributed by atoms with van der Waals surface area (Å²) >= 11 is 0. The third-order valence-corrected chi connectivity index (χ3v) is 3.86. The number of anilines is 1. The summed E-state index contributed by atoms with van der Waals surface area (Å²) in [5.74, 6) is 0.379. The third kappa shape index (κ3) is 3.75. The van der Waals surface area contributed by atoms with Gasteiger partial charge in [0.05, 0.1) is 12.6 Å². The third-order valence-electron chi connectivity index (χ3n) is 3.86. The normalized spacial score (nSPS) is 21.5. The van der Waals surface area contributed by atoms with E-state index < -0.39 is 6.10 Å². The molecule has 0 aliphatic carbocycles. The molecule has 0 spiro atoms. The molecule has 1 fully saturated rings. The Morgan fingerprint density at radius 1 is 1.52 bits per heavy atom. The number of β-amino-alcohol motifs (C(OH)–C–C–N with tert-alkyl or cyclic N) is 1. The standard InChI is InChI=1S/C16H18FN3O3/c1-10-5-15(19-23-10)18-16(22)9-20-8-13(21)7-14(20)11-3-2-4-12(17)6-11/h2-6,13-14,21H,7-9H2,1H3,(H,18,19,22)/t13-,14-/m1/s1. The number of halogens is 1. The summed E-state index contributed by atoms with van der Waals surface area (Å²) in [5, 5.41) is 16.3. The van der Waals surface area contributed by atoms with Crippen LogP contribution in [0.5, 0.6) is 0 Å². The van der Waals surface area contributed by atoms with Crippen LogP contribution in [0.25, 0.3) is 0 Å². The second-order valence-electron chi connectivity index (χ2n) is 5.76. The highest BCUT2D eigenvalue weighted by atomic mass is 19.1. The smallest absolute Gasteiger partial charge is 0.239 e. The number of rotatable bonds is 4. The second kappa shape index (κ2) is 6.47. The molecule has 7 heteroatoms. The fourth-order valence-electron chi connectivity index (χ4n) is 2.91. The summed E-state index contributed by atoms with van der Waals surface area (Å²) in [7, 11) is 0. The first-order chi connectivity index (χ1) is 11.0. The van der Waals surface area contributed by atoms with E-state index in [2.05, 4.69) is 10.5 Å². The summed E-state index contributed by atoms with van der Waals surface area (Å²) in [6, 6.07) is 7.68. The topological polar surface area (TPSA) is 78.6 Å². The summed E-state index contributed by atoms with van der Waals surface area (Å²) < 4.78 is 18.3. The molecule has 3 rings (SSSR count). The molecule has 1 amide bonds. The average Bonchev–Trinajstić information content (AvgIpc) is 3.05. The molecule has 2 heterocycles. The van der Waals surface area contributed by atoms with Crippen molar-refractivity contribution in [3.8, 4) is 0 Å². The average molecular weight is 319 g/mol. The predicted octanol–water partition coefficient (Wildman–Crippen LogP) is 1.87. The Morgan fingerprint density at radius 3 is 3.04 bits per heavy atom. The van der Waals surface area contributed by atoms with Gasteiger partial charge >= 0.3 is 0 Å². The van der Waals surface area contributed by atoms with Crippen molar-refractivity contribution in [2.45, 2.75) is 25.5 Å². The maximum absolute atomic E-state index is 13.4. The molecule has 0 radical (unpaired) electrons. The fourth-order valence-corrected chi connectivity index (χ4v) is 2.91. The molecule has 23 heavy (non-hydrogen) atoms. The number of benzene rings is 1. The molecule has 1 aromatic carbocycles. The summed E-state index contributed by atoms with van der Waals surface area (Å²) in [4.78, 5) is 14.0. The van der Waals surface area contributed by atoms with Gasteiger partial charge in [0, 0.05) is 18.7 Å². The van der Waals surface area contributed by atoms with E-state index in [1.54, 1.807) is 25.1 Å². The van der Waals surface area contributed by atoms with Crippen LogP contribution >= 0.6 is 0 Å². The number of nitrogens with one attached hydrogen (secondary N) is 1. The van der Waals surface area contributed by atoms with Crippen LogP contribution in [0, 0.1) is 12.7 Å². The minimum Gasteiger partial charge on any atom is -0.392 e. The van der Waals surface area contributed by atoms with E-state index in [0.717, 1.165) is 5.56 Å². The molecule has 122 valence electrons. The van der Waals surface area contributed by atoms with Gasteiger partial charge in [-0.05, 0) is 31.0 Å². The molecule has 2 N–H and O–H groups in total. The van der Waals surface area contributed by atoms with Gasteiger partial charge < -0.3 is 14.9 Å². The number of aryl methyl sites for hydroxylation is 1. The molecule has 0 unspecified atom stereocenters. The number of carbonyl (C=O) groups is 1. The quantitative estimate of drug-likeness (QED) is 0.899. The lowest BCUT2D eigenvalue weighted by molar-refractivity contribution is -0.117. The highest BCUT2D eigenvalue weighted by Gasteiger charge is 2.33. The van der Waals surface area contributed by atoms with E-state index in [9.17, 15) is 14.3 Å². The maximum atomic E-state index is 13.4. The molecule has 1 aromatic heterocycles.